The van der Waals surface area contributed by atoms with Gasteiger partial charge in [-0.15, -0.1) is 0 Å². The zero-order valence-corrected chi connectivity index (χ0v) is 11.5. The average Bonchev–Trinajstić information content (AvgIpc) is 2.88. The fourth-order valence-electron chi connectivity index (χ4n) is 2.95. The van der Waals surface area contributed by atoms with Crippen molar-refractivity contribution in [1.29, 1.82) is 5.26 Å². The van der Waals surface area contributed by atoms with Crippen molar-refractivity contribution in [1.82, 2.24) is 15.5 Å². The molecule has 1 aliphatic carbocycles. The molecular weight excluding hydrogens is 258 g/mol. The Hall–Kier alpha value is -1.65. The second-order valence-electron chi connectivity index (χ2n) is 5.54. The zero-order chi connectivity index (χ0) is 14.6. The smallest absolute Gasteiger partial charge is 0.236 e. The second-order valence-corrected chi connectivity index (χ2v) is 5.54. The molecule has 1 saturated heterocycles. The maximum atomic E-state index is 12.1. The maximum Gasteiger partial charge on any atom is 0.236 e. The van der Waals surface area contributed by atoms with Gasteiger partial charge in [0, 0.05) is 19.6 Å². The summed E-state index contributed by atoms with van der Waals surface area (Å²) in [7, 11) is 0. The Morgan fingerprint density at radius 1 is 1.45 bits per heavy atom. The first-order valence-electron chi connectivity index (χ1n) is 7.03. The number of hydrogen-bond donors (Lipinski definition) is 3. The summed E-state index contributed by atoms with van der Waals surface area (Å²) in [6.07, 6.45) is 3.34. The molecule has 7 heteroatoms. The average molecular weight is 279 g/mol. The summed E-state index contributed by atoms with van der Waals surface area (Å²) in [5.74, 6) is -0.637. The van der Waals surface area contributed by atoms with E-state index < -0.39 is 17.5 Å². The molecule has 20 heavy (non-hydrogen) atoms. The minimum absolute atomic E-state index is 0.110. The molecular formula is C13H21N5O2. The highest BCUT2D eigenvalue weighted by Gasteiger charge is 2.36. The number of carbonyl (C=O) groups excluding carboxylic acids is 2. The van der Waals surface area contributed by atoms with Crippen LogP contribution in [-0.2, 0) is 9.59 Å². The van der Waals surface area contributed by atoms with E-state index in [4.69, 9.17) is 5.73 Å². The molecule has 1 saturated carbocycles. The summed E-state index contributed by atoms with van der Waals surface area (Å²) in [5.41, 5.74) is 4.63. The number of primary amides is 1. The van der Waals surface area contributed by atoms with Crippen LogP contribution in [0.3, 0.4) is 0 Å². The van der Waals surface area contributed by atoms with Crippen molar-refractivity contribution < 1.29 is 9.59 Å². The molecule has 4 N–H and O–H groups in total. The van der Waals surface area contributed by atoms with Crippen molar-refractivity contribution in [2.75, 3.05) is 26.2 Å². The molecule has 0 spiro atoms. The fourth-order valence-corrected chi connectivity index (χ4v) is 2.95. The Kier molecular flexibility index (Phi) is 4.57. The van der Waals surface area contributed by atoms with Crippen LogP contribution in [0, 0.1) is 11.3 Å². The lowest BCUT2D eigenvalue weighted by Gasteiger charge is -2.34. The quantitative estimate of drug-likeness (QED) is 0.592. The fraction of sp³-hybridized carbons (Fsp3) is 0.769. The van der Waals surface area contributed by atoms with Gasteiger partial charge in [0.2, 0.25) is 11.8 Å². The van der Waals surface area contributed by atoms with Crippen molar-refractivity contribution >= 4 is 11.8 Å². The highest BCUT2D eigenvalue weighted by molar-refractivity contribution is 5.83. The number of carbonyl (C=O) groups is 2. The van der Waals surface area contributed by atoms with Gasteiger partial charge < -0.3 is 16.4 Å². The largest absolute Gasteiger partial charge is 0.368 e. The number of nitrogens with two attached hydrogens (primary N) is 1. The first-order chi connectivity index (χ1) is 9.56. The Balaban J connectivity index is 1.93. The predicted octanol–water partition coefficient (Wildman–Crippen LogP) is -1.30. The summed E-state index contributed by atoms with van der Waals surface area (Å²) >= 11 is 0. The molecule has 2 amide bonds. The SMILES string of the molecule is N#CC1(NC(=O)CN2CCNCC2C(N)=O)CCCC1. The van der Waals surface area contributed by atoms with E-state index in [0.29, 0.717) is 25.9 Å². The van der Waals surface area contributed by atoms with Crippen LogP contribution in [0.15, 0.2) is 0 Å². The molecule has 1 heterocycles. The molecule has 110 valence electrons. The maximum absolute atomic E-state index is 12.1. The minimum Gasteiger partial charge on any atom is -0.368 e. The highest BCUT2D eigenvalue weighted by Crippen LogP contribution is 2.28. The van der Waals surface area contributed by atoms with Gasteiger partial charge in [0.1, 0.15) is 11.6 Å². The van der Waals surface area contributed by atoms with Gasteiger partial charge in [-0.3, -0.25) is 14.5 Å². The Bertz CT molecular complexity index is 425. The molecule has 1 aliphatic heterocycles. The summed E-state index contributed by atoms with van der Waals surface area (Å²) in [6, 6.07) is 1.76. The van der Waals surface area contributed by atoms with Gasteiger partial charge in [-0.1, -0.05) is 0 Å². The number of amides is 2. The van der Waals surface area contributed by atoms with Gasteiger partial charge >= 0.3 is 0 Å². The van der Waals surface area contributed by atoms with E-state index in [2.05, 4.69) is 16.7 Å². The summed E-state index contributed by atoms with van der Waals surface area (Å²) in [6.45, 7) is 1.89. The first-order valence-corrected chi connectivity index (χ1v) is 7.03. The number of piperazine rings is 1. The Labute approximate surface area is 118 Å². The van der Waals surface area contributed by atoms with E-state index in [1.807, 2.05) is 0 Å². The van der Waals surface area contributed by atoms with E-state index in [0.717, 1.165) is 19.4 Å². The third kappa shape index (κ3) is 3.26. The normalized spacial score (nSPS) is 25.9. The van der Waals surface area contributed by atoms with Gasteiger partial charge in [-0.25, -0.2) is 0 Å². The Morgan fingerprint density at radius 2 is 2.15 bits per heavy atom. The number of nitrogens with zero attached hydrogens (tertiary/aromatic N) is 2. The van der Waals surface area contributed by atoms with Crippen LogP contribution in [0.2, 0.25) is 0 Å². The highest BCUT2D eigenvalue weighted by atomic mass is 16.2. The van der Waals surface area contributed by atoms with Crippen LogP contribution in [-0.4, -0.2) is 54.5 Å². The van der Waals surface area contributed by atoms with Crippen molar-refractivity contribution in [2.24, 2.45) is 5.73 Å². The topological polar surface area (TPSA) is 111 Å². The molecule has 0 bridgehead atoms. The lowest BCUT2D eigenvalue weighted by atomic mass is 10.00. The molecule has 2 fully saturated rings. The van der Waals surface area contributed by atoms with E-state index in [1.165, 1.54) is 0 Å². The third-order valence-corrected chi connectivity index (χ3v) is 4.08. The van der Waals surface area contributed by atoms with Gasteiger partial charge in [0.05, 0.1) is 12.6 Å². The van der Waals surface area contributed by atoms with E-state index >= 15 is 0 Å². The van der Waals surface area contributed by atoms with Crippen LogP contribution >= 0.6 is 0 Å². The van der Waals surface area contributed by atoms with Crippen molar-refractivity contribution in [3.05, 3.63) is 0 Å². The molecule has 2 rings (SSSR count). The number of nitriles is 1. The molecule has 1 atom stereocenters. The molecule has 0 aromatic rings. The van der Waals surface area contributed by atoms with Crippen molar-refractivity contribution in [3.8, 4) is 6.07 Å². The molecule has 0 radical (unpaired) electrons. The van der Waals surface area contributed by atoms with Gasteiger partial charge in [0.15, 0.2) is 0 Å². The molecule has 1 unspecified atom stereocenters. The summed E-state index contributed by atoms with van der Waals surface area (Å²) < 4.78 is 0. The molecule has 0 aromatic carbocycles. The van der Waals surface area contributed by atoms with Crippen LogP contribution in [0.5, 0.6) is 0 Å². The lowest BCUT2D eigenvalue weighted by molar-refractivity contribution is -0.128. The molecule has 2 aliphatic rings. The first kappa shape index (κ1) is 14.8. The van der Waals surface area contributed by atoms with E-state index in [9.17, 15) is 14.9 Å². The third-order valence-electron chi connectivity index (χ3n) is 4.08. The summed E-state index contributed by atoms with van der Waals surface area (Å²) in [4.78, 5) is 25.3. The number of rotatable bonds is 4. The van der Waals surface area contributed by atoms with E-state index in [-0.39, 0.29) is 12.5 Å². The molecule has 0 aromatic heterocycles. The predicted molar refractivity (Wildman–Crippen MR) is 72.4 cm³/mol. The second kappa shape index (κ2) is 6.20. The monoisotopic (exact) mass is 279 g/mol. The van der Waals surface area contributed by atoms with Crippen LogP contribution in [0.1, 0.15) is 25.7 Å². The zero-order valence-electron chi connectivity index (χ0n) is 11.5. The van der Waals surface area contributed by atoms with Crippen molar-refractivity contribution in [2.45, 2.75) is 37.3 Å². The van der Waals surface area contributed by atoms with Crippen LogP contribution in [0.25, 0.3) is 0 Å². The Morgan fingerprint density at radius 3 is 2.75 bits per heavy atom. The van der Waals surface area contributed by atoms with Crippen LogP contribution < -0.4 is 16.4 Å². The van der Waals surface area contributed by atoms with E-state index in [1.54, 1.807) is 4.90 Å². The van der Waals surface area contributed by atoms with Gasteiger partial charge in [-0.2, -0.15) is 5.26 Å². The van der Waals surface area contributed by atoms with Gasteiger partial charge in [0.25, 0.3) is 0 Å². The lowest BCUT2D eigenvalue weighted by Crippen LogP contribution is -2.59. The molecule has 7 nitrogen and oxygen atoms in total. The standard InChI is InChI=1S/C13H21N5O2/c14-9-13(3-1-2-4-13)17-11(19)8-18-6-5-16-7-10(18)12(15)20/h10,16H,1-8H2,(H2,15,20)(H,17,19). The number of hydrogen-bond acceptors (Lipinski definition) is 5. The number of nitrogens with one attached hydrogen (secondary N) is 2. The summed E-state index contributed by atoms with van der Waals surface area (Å²) in [5, 5.41) is 15.2. The van der Waals surface area contributed by atoms with Gasteiger partial charge in [-0.05, 0) is 25.7 Å². The minimum atomic E-state index is -0.715. The van der Waals surface area contributed by atoms with Crippen molar-refractivity contribution in [3.63, 3.8) is 0 Å². The van der Waals surface area contributed by atoms with Crippen LogP contribution in [0.4, 0.5) is 0 Å².